The fourth-order valence-electron chi connectivity index (χ4n) is 4.55. The molecule has 4 heteroatoms. The lowest BCUT2D eigenvalue weighted by molar-refractivity contribution is -0.00658. The normalized spacial score (nSPS) is 17.1. The summed E-state index contributed by atoms with van der Waals surface area (Å²) in [5.74, 6) is 1.56. The summed E-state index contributed by atoms with van der Waals surface area (Å²) in [4.78, 5) is 2.41. The van der Waals surface area contributed by atoms with E-state index in [9.17, 15) is 5.11 Å². The second-order valence-corrected chi connectivity index (χ2v) is 7.84. The summed E-state index contributed by atoms with van der Waals surface area (Å²) in [5, 5.41) is 12.3. The van der Waals surface area contributed by atoms with Crippen molar-refractivity contribution in [3.8, 4) is 11.5 Å². The molecule has 0 saturated carbocycles. The average molecular weight is 404 g/mol. The summed E-state index contributed by atoms with van der Waals surface area (Å²) in [5.41, 5.74) is 1.87. The number of benzene rings is 3. The van der Waals surface area contributed by atoms with Crippen molar-refractivity contribution in [2.45, 2.75) is 31.0 Å². The van der Waals surface area contributed by atoms with Gasteiger partial charge >= 0.3 is 0 Å². The van der Waals surface area contributed by atoms with Gasteiger partial charge in [-0.15, -0.1) is 0 Å². The minimum absolute atomic E-state index is 0.0282. The molecule has 1 aliphatic rings. The van der Waals surface area contributed by atoms with Crippen LogP contribution in [0.2, 0.25) is 0 Å². The summed E-state index contributed by atoms with van der Waals surface area (Å²) in [7, 11) is 3.31. The Balaban J connectivity index is 1.75. The zero-order valence-electron chi connectivity index (χ0n) is 17.6. The Morgan fingerprint density at radius 2 is 1.37 bits per heavy atom. The standard InChI is InChI=1S/C26H29NO3/c1-29-23-14-10-21(11-15-23)26(28,22-12-16-24(30-2)17-13-22)25-9-6-18-27(25)19-20-7-4-3-5-8-20/h3-5,7-8,10-17,25,28H,6,9,18-19H2,1-2H3/t25-/m0/s1. The van der Waals surface area contributed by atoms with Crippen molar-refractivity contribution >= 4 is 0 Å². The zero-order valence-corrected chi connectivity index (χ0v) is 17.6. The van der Waals surface area contributed by atoms with Crippen LogP contribution in [0.15, 0.2) is 78.9 Å². The molecule has 1 saturated heterocycles. The topological polar surface area (TPSA) is 41.9 Å². The van der Waals surface area contributed by atoms with E-state index in [1.165, 1.54) is 5.56 Å². The van der Waals surface area contributed by atoms with Gasteiger partial charge in [-0.1, -0.05) is 54.6 Å². The van der Waals surface area contributed by atoms with Crippen LogP contribution in [0, 0.1) is 0 Å². The van der Waals surface area contributed by atoms with Gasteiger partial charge in [0.1, 0.15) is 17.1 Å². The van der Waals surface area contributed by atoms with E-state index in [1.54, 1.807) is 14.2 Å². The Labute approximate surface area is 178 Å². The van der Waals surface area contributed by atoms with Crippen molar-refractivity contribution in [1.29, 1.82) is 0 Å². The van der Waals surface area contributed by atoms with E-state index in [-0.39, 0.29) is 6.04 Å². The highest BCUT2D eigenvalue weighted by molar-refractivity contribution is 5.43. The summed E-state index contributed by atoms with van der Waals surface area (Å²) >= 11 is 0. The number of hydrogen-bond donors (Lipinski definition) is 1. The van der Waals surface area contributed by atoms with Crippen LogP contribution in [-0.2, 0) is 12.1 Å². The van der Waals surface area contributed by atoms with Crippen LogP contribution in [0.5, 0.6) is 11.5 Å². The van der Waals surface area contributed by atoms with Crippen molar-refractivity contribution in [1.82, 2.24) is 4.90 Å². The van der Waals surface area contributed by atoms with Crippen LogP contribution in [0.3, 0.4) is 0 Å². The van der Waals surface area contributed by atoms with E-state index in [1.807, 2.05) is 54.6 Å². The van der Waals surface area contributed by atoms with Crippen LogP contribution in [0.4, 0.5) is 0 Å². The molecule has 4 rings (SSSR count). The van der Waals surface area contributed by atoms with E-state index in [0.717, 1.165) is 48.6 Å². The summed E-state index contributed by atoms with van der Waals surface area (Å²) < 4.78 is 10.7. The van der Waals surface area contributed by atoms with E-state index in [0.29, 0.717) is 0 Å². The Morgan fingerprint density at radius 3 is 1.87 bits per heavy atom. The molecule has 3 aromatic rings. The minimum atomic E-state index is -1.14. The Morgan fingerprint density at radius 1 is 0.833 bits per heavy atom. The smallest absolute Gasteiger partial charge is 0.130 e. The third-order valence-electron chi connectivity index (χ3n) is 6.13. The molecule has 0 unspecified atom stereocenters. The Kier molecular flexibility index (Phi) is 6.07. The number of nitrogens with zero attached hydrogens (tertiary/aromatic N) is 1. The molecule has 0 radical (unpaired) electrons. The number of methoxy groups -OCH3 is 2. The fraction of sp³-hybridized carbons (Fsp3) is 0.308. The molecule has 30 heavy (non-hydrogen) atoms. The molecule has 0 spiro atoms. The molecular weight excluding hydrogens is 374 g/mol. The largest absolute Gasteiger partial charge is 0.497 e. The molecule has 0 amide bonds. The van der Waals surface area contributed by atoms with Gasteiger partial charge in [0.25, 0.3) is 0 Å². The molecular formula is C26H29NO3. The van der Waals surface area contributed by atoms with Crippen molar-refractivity contribution < 1.29 is 14.6 Å². The van der Waals surface area contributed by atoms with Crippen LogP contribution in [0.25, 0.3) is 0 Å². The summed E-state index contributed by atoms with van der Waals surface area (Å²) in [6.07, 6.45) is 1.99. The van der Waals surface area contributed by atoms with Gasteiger partial charge in [-0.05, 0) is 60.3 Å². The predicted octanol–water partition coefficient (Wildman–Crippen LogP) is 4.60. The molecule has 4 nitrogen and oxygen atoms in total. The number of likely N-dealkylation sites (tertiary alicyclic amines) is 1. The van der Waals surface area contributed by atoms with Gasteiger partial charge in [0.15, 0.2) is 0 Å². The first-order chi connectivity index (χ1) is 14.6. The fourth-order valence-corrected chi connectivity index (χ4v) is 4.55. The molecule has 3 aromatic carbocycles. The maximum Gasteiger partial charge on any atom is 0.130 e. The van der Waals surface area contributed by atoms with Gasteiger partial charge in [0.05, 0.1) is 14.2 Å². The molecule has 0 aliphatic carbocycles. The maximum atomic E-state index is 12.3. The highest BCUT2D eigenvalue weighted by atomic mass is 16.5. The van der Waals surface area contributed by atoms with Gasteiger partial charge in [-0.3, -0.25) is 4.90 Å². The SMILES string of the molecule is COc1ccc(C(O)(c2ccc(OC)cc2)[C@@H]2CCCN2Cc2ccccc2)cc1. The highest BCUT2D eigenvalue weighted by Crippen LogP contribution is 2.41. The monoisotopic (exact) mass is 403 g/mol. The number of ether oxygens (including phenoxy) is 2. The third-order valence-corrected chi connectivity index (χ3v) is 6.13. The molecule has 0 bridgehead atoms. The first kappa shape index (κ1) is 20.5. The van der Waals surface area contributed by atoms with E-state index < -0.39 is 5.60 Å². The van der Waals surface area contributed by atoms with Gasteiger partial charge in [0.2, 0.25) is 0 Å². The molecule has 156 valence electrons. The second kappa shape index (κ2) is 8.90. The second-order valence-electron chi connectivity index (χ2n) is 7.84. The predicted molar refractivity (Wildman–Crippen MR) is 119 cm³/mol. The summed E-state index contributed by atoms with van der Waals surface area (Å²) in [6, 6.07) is 26.0. The lowest BCUT2D eigenvalue weighted by atomic mass is 9.79. The zero-order chi connectivity index (χ0) is 21.0. The van der Waals surface area contributed by atoms with Crippen LogP contribution in [0.1, 0.15) is 29.5 Å². The lowest BCUT2D eigenvalue weighted by Gasteiger charge is -2.40. The van der Waals surface area contributed by atoms with Gasteiger partial charge in [-0.25, -0.2) is 0 Å². The Bertz CT molecular complexity index is 891. The van der Waals surface area contributed by atoms with E-state index in [4.69, 9.17) is 9.47 Å². The van der Waals surface area contributed by atoms with Crippen molar-refractivity contribution in [2.75, 3.05) is 20.8 Å². The first-order valence-corrected chi connectivity index (χ1v) is 10.4. The van der Waals surface area contributed by atoms with Gasteiger partial charge < -0.3 is 14.6 Å². The molecule has 1 fully saturated rings. The van der Waals surface area contributed by atoms with Crippen molar-refractivity contribution in [3.63, 3.8) is 0 Å². The average Bonchev–Trinajstić information content (AvgIpc) is 3.28. The van der Waals surface area contributed by atoms with Crippen LogP contribution in [-0.4, -0.2) is 36.8 Å². The maximum absolute atomic E-state index is 12.3. The molecule has 1 atom stereocenters. The number of rotatable bonds is 7. The minimum Gasteiger partial charge on any atom is -0.497 e. The van der Waals surface area contributed by atoms with Gasteiger partial charge in [0, 0.05) is 12.6 Å². The highest BCUT2D eigenvalue weighted by Gasteiger charge is 2.45. The van der Waals surface area contributed by atoms with Crippen LogP contribution >= 0.6 is 0 Å². The molecule has 0 aromatic heterocycles. The van der Waals surface area contributed by atoms with Crippen molar-refractivity contribution in [3.05, 3.63) is 95.6 Å². The van der Waals surface area contributed by atoms with Crippen molar-refractivity contribution in [2.24, 2.45) is 0 Å². The first-order valence-electron chi connectivity index (χ1n) is 10.4. The molecule has 1 heterocycles. The lowest BCUT2D eigenvalue weighted by Crippen LogP contribution is -2.48. The van der Waals surface area contributed by atoms with Gasteiger partial charge in [-0.2, -0.15) is 0 Å². The van der Waals surface area contributed by atoms with E-state index >= 15 is 0 Å². The number of aliphatic hydroxyl groups is 1. The molecule has 1 N–H and O–H groups in total. The molecule has 1 aliphatic heterocycles. The van der Waals surface area contributed by atoms with Crippen LogP contribution < -0.4 is 9.47 Å². The summed E-state index contributed by atoms with van der Waals surface area (Å²) in [6.45, 7) is 1.79. The number of hydrogen-bond acceptors (Lipinski definition) is 4. The quantitative estimate of drug-likeness (QED) is 0.626. The van der Waals surface area contributed by atoms with E-state index in [2.05, 4.69) is 29.2 Å². The third kappa shape index (κ3) is 3.93. The Hall–Kier alpha value is -2.82.